The molecule has 1 aromatic carbocycles. The number of nitrogens with one attached hydrogen (secondary N) is 3. The molecule has 3 aromatic rings. The second-order valence-corrected chi connectivity index (χ2v) is 10.7. The summed E-state index contributed by atoms with van der Waals surface area (Å²) in [5, 5.41) is 27.9. The Morgan fingerprint density at radius 1 is 1.12 bits per heavy atom. The number of pyridine rings is 2. The van der Waals surface area contributed by atoms with Crippen LogP contribution in [-0.2, 0) is 4.74 Å². The fourth-order valence-corrected chi connectivity index (χ4v) is 4.56. The van der Waals surface area contributed by atoms with E-state index in [1.165, 1.54) is 12.3 Å². The predicted molar refractivity (Wildman–Crippen MR) is 151 cm³/mol. The average molecular weight is 551 g/mol. The van der Waals surface area contributed by atoms with E-state index in [2.05, 4.69) is 25.9 Å². The molecule has 12 nitrogen and oxygen atoms in total. The molecule has 0 radical (unpaired) electrons. The highest BCUT2D eigenvalue weighted by Crippen LogP contribution is 2.30. The Labute approximate surface area is 231 Å². The molecule has 4 rings (SSSR count). The van der Waals surface area contributed by atoms with E-state index in [-0.39, 0.29) is 17.4 Å². The van der Waals surface area contributed by atoms with Crippen LogP contribution in [0, 0.1) is 0 Å². The number of aromatic nitrogens is 2. The summed E-state index contributed by atoms with van der Waals surface area (Å²) in [5.41, 5.74) is 1.43. The molecule has 1 aliphatic rings. The Morgan fingerprint density at radius 3 is 2.60 bits per heavy atom. The van der Waals surface area contributed by atoms with E-state index in [1.807, 2.05) is 4.90 Å². The summed E-state index contributed by atoms with van der Waals surface area (Å²) in [6.45, 7) is 8.22. The molecule has 12 heteroatoms. The van der Waals surface area contributed by atoms with Crippen LogP contribution in [0.1, 0.15) is 62.7 Å². The van der Waals surface area contributed by atoms with Crippen LogP contribution in [0.2, 0.25) is 0 Å². The van der Waals surface area contributed by atoms with Crippen molar-refractivity contribution < 1.29 is 29.3 Å². The summed E-state index contributed by atoms with van der Waals surface area (Å²) in [6.07, 6.45) is 2.14. The van der Waals surface area contributed by atoms with E-state index in [1.54, 1.807) is 58.2 Å². The Hall–Kier alpha value is -4.45. The first kappa shape index (κ1) is 28.6. The summed E-state index contributed by atoms with van der Waals surface area (Å²) in [4.78, 5) is 47.9. The number of benzene rings is 1. The third-order valence-corrected chi connectivity index (χ3v) is 6.31. The Morgan fingerprint density at radius 2 is 1.90 bits per heavy atom. The monoisotopic (exact) mass is 550 g/mol. The number of fused-ring (bicyclic) bond motifs is 1. The molecule has 40 heavy (non-hydrogen) atoms. The zero-order chi connectivity index (χ0) is 29.0. The molecule has 3 amide bonds. The molecule has 0 spiro atoms. The highest BCUT2D eigenvalue weighted by atomic mass is 16.6. The van der Waals surface area contributed by atoms with E-state index in [0.717, 1.165) is 12.8 Å². The van der Waals surface area contributed by atoms with Crippen LogP contribution in [0.3, 0.4) is 0 Å². The normalized spacial score (nSPS) is 16.2. The van der Waals surface area contributed by atoms with Crippen LogP contribution >= 0.6 is 0 Å². The van der Waals surface area contributed by atoms with E-state index in [4.69, 9.17) is 4.74 Å². The van der Waals surface area contributed by atoms with Crippen molar-refractivity contribution in [3.05, 3.63) is 54.0 Å². The molecule has 0 bridgehead atoms. The molecule has 2 atom stereocenters. The lowest BCUT2D eigenvalue weighted by Crippen LogP contribution is -2.49. The van der Waals surface area contributed by atoms with Crippen molar-refractivity contribution in [2.75, 3.05) is 28.6 Å². The van der Waals surface area contributed by atoms with Gasteiger partial charge in [-0.25, -0.2) is 14.6 Å². The number of alkyl carbamates (subject to hydrolysis) is 1. The van der Waals surface area contributed by atoms with Gasteiger partial charge in [-0.2, -0.15) is 0 Å². The van der Waals surface area contributed by atoms with Crippen LogP contribution in [0.25, 0.3) is 10.9 Å². The molecule has 1 unspecified atom stereocenters. The number of hydrogen-bond donors (Lipinski definition) is 5. The second kappa shape index (κ2) is 11.7. The number of aliphatic hydroxyl groups is 1. The van der Waals surface area contributed by atoms with Crippen LogP contribution in [-0.4, -0.2) is 63.0 Å². The molecule has 212 valence electrons. The van der Waals surface area contributed by atoms with Gasteiger partial charge >= 0.3 is 12.2 Å². The highest BCUT2D eigenvalue weighted by Gasteiger charge is 2.26. The number of carbonyl (C=O) groups excluding carboxylic acids is 2. The molecule has 1 fully saturated rings. The predicted octanol–water partition coefficient (Wildman–Crippen LogP) is 4.52. The lowest BCUT2D eigenvalue weighted by Gasteiger charge is -2.35. The zero-order valence-electron chi connectivity index (χ0n) is 22.9. The van der Waals surface area contributed by atoms with Gasteiger partial charge in [0.25, 0.3) is 5.91 Å². The maximum Gasteiger partial charge on any atom is 0.409 e. The standard InChI is InChI=1S/C28H34N6O6/c1-16(35)17-7-8-18-13-21(33-26(37)38)24(31-20(18)12-17)25(36)32-22-14-29-10-9-23(22)34-11-5-6-19(15-34)30-27(39)40-28(2,3)4/h7-10,12-14,16,19,33,35H,5-6,11,15H2,1-4H3,(H,30,39)(H,32,36)(H,37,38)/t16?,19-/m0/s1. The number of hydrogen-bond acceptors (Lipinski definition) is 8. The van der Waals surface area contributed by atoms with Gasteiger partial charge in [-0.3, -0.25) is 15.1 Å². The fraction of sp³-hybridized carbons (Fsp3) is 0.393. The second-order valence-electron chi connectivity index (χ2n) is 10.7. The van der Waals surface area contributed by atoms with Crippen LogP contribution in [0.5, 0.6) is 0 Å². The summed E-state index contributed by atoms with van der Waals surface area (Å²) in [5.74, 6) is -0.636. The van der Waals surface area contributed by atoms with E-state index in [0.29, 0.717) is 40.9 Å². The van der Waals surface area contributed by atoms with Crippen molar-refractivity contribution in [2.24, 2.45) is 0 Å². The van der Waals surface area contributed by atoms with Crippen molar-refractivity contribution in [3.63, 3.8) is 0 Å². The fourth-order valence-electron chi connectivity index (χ4n) is 4.56. The summed E-state index contributed by atoms with van der Waals surface area (Å²) in [6, 6.07) is 8.21. The lowest BCUT2D eigenvalue weighted by atomic mass is 10.0. The Kier molecular flexibility index (Phi) is 8.38. The summed E-state index contributed by atoms with van der Waals surface area (Å²) in [7, 11) is 0. The van der Waals surface area contributed by atoms with Crippen molar-refractivity contribution >= 4 is 46.1 Å². The first-order chi connectivity index (χ1) is 18.9. The van der Waals surface area contributed by atoms with Gasteiger partial charge in [-0.15, -0.1) is 0 Å². The number of piperidine rings is 1. The minimum absolute atomic E-state index is 0.0207. The number of carbonyl (C=O) groups is 3. The molecule has 1 aliphatic heterocycles. The molecule has 3 heterocycles. The number of amides is 3. The van der Waals surface area contributed by atoms with Crippen LogP contribution in [0.4, 0.5) is 26.7 Å². The topological polar surface area (TPSA) is 166 Å². The minimum atomic E-state index is -1.34. The first-order valence-electron chi connectivity index (χ1n) is 13.0. The van der Waals surface area contributed by atoms with Crippen molar-refractivity contribution in [3.8, 4) is 0 Å². The van der Waals surface area contributed by atoms with Gasteiger partial charge in [0.1, 0.15) is 5.60 Å². The third kappa shape index (κ3) is 7.14. The first-order valence-corrected chi connectivity index (χ1v) is 13.0. The van der Waals surface area contributed by atoms with Crippen molar-refractivity contribution in [1.82, 2.24) is 15.3 Å². The number of ether oxygens (including phenoxy) is 1. The van der Waals surface area contributed by atoms with E-state index >= 15 is 0 Å². The van der Waals surface area contributed by atoms with Crippen molar-refractivity contribution in [2.45, 2.75) is 58.3 Å². The van der Waals surface area contributed by atoms with Crippen molar-refractivity contribution in [1.29, 1.82) is 0 Å². The number of carboxylic acid groups (broad SMARTS) is 1. The molecule has 2 aromatic heterocycles. The number of nitrogens with zero attached hydrogens (tertiary/aromatic N) is 3. The Balaban J connectivity index is 1.59. The molecule has 1 saturated heterocycles. The minimum Gasteiger partial charge on any atom is -0.465 e. The van der Waals surface area contributed by atoms with Gasteiger partial charge in [0.05, 0.1) is 34.9 Å². The SMILES string of the molecule is CC(O)c1ccc2cc(NC(=O)O)c(C(=O)Nc3cnccc3N3CCC[C@H](NC(=O)OC(C)(C)C)C3)nc2c1. The maximum atomic E-state index is 13.5. The van der Waals surface area contributed by atoms with Gasteiger partial charge in [-0.05, 0) is 64.3 Å². The van der Waals surface area contributed by atoms with Gasteiger partial charge in [0, 0.05) is 30.7 Å². The largest absolute Gasteiger partial charge is 0.465 e. The molecular formula is C28H34N6O6. The number of anilines is 3. The zero-order valence-corrected chi connectivity index (χ0v) is 22.9. The van der Waals surface area contributed by atoms with E-state index < -0.39 is 29.8 Å². The third-order valence-electron chi connectivity index (χ3n) is 6.31. The van der Waals surface area contributed by atoms with Gasteiger partial charge in [0.15, 0.2) is 5.69 Å². The average Bonchev–Trinajstić information content (AvgIpc) is 2.87. The summed E-state index contributed by atoms with van der Waals surface area (Å²) < 4.78 is 5.39. The smallest absolute Gasteiger partial charge is 0.409 e. The van der Waals surface area contributed by atoms with Crippen LogP contribution < -0.4 is 20.9 Å². The van der Waals surface area contributed by atoms with E-state index in [9.17, 15) is 24.6 Å². The highest BCUT2D eigenvalue weighted by molar-refractivity contribution is 6.11. The molecular weight excluding hydrogens is 516 g/mol. The lowest BCUT2D eigenvalue weighted by molar-refractivity contribution is 0.0499. The van der Waals surface area contributed by atoms with Crippen LogP contribution in [0.15, 0.2) is 42.7 Å². The molecule has 5 N–H and O–H groups in total. The number of aliphatic hydroxyl groups excluding tert-OH is 1. The number of rotatable bonds is 6. The summed E-state index contributed by atoms with van der Waals surface area (Å²) >= 11 is 0. The maximum absolute atomic E-state index is 13.5. The van der Waals surface area contributed by atoms with Gasteiger partial charge in [0.2, 0.25) is 0 Å². The Bertz CT molecular complexity index is 1420. The van der Waals surface area contributed by atoms with Gasteiger partial charge < -0.3 is 30.5 Å². The molecule has 0 saturated carbocycles. The molecule has 0 aliphatic carbocycles. The quantitative estimate of drug-likeness (QED) is 0.297. The van der Waals surface area contributed by atoms with Gasteiger partial charge in [-0.1, -0.05) is 12.1 Å².